The Morgan fingerprint density at radius 3 is 2.50 bits per heavy atom. The maximum atomic E-state index is 13.0. The molecule has 0 spiro atoms. The lowest BCUT2D eigenvalue weighted by atomic mass is 10.1. The van der Waals surface area contributed by atoms with Gasteiger partial charge in [-0.1, -0.05) is 23.4 Å². The number of hydrogen-bond donors (Lipinski definition) is 1. The summed E-state index contributed by atoms with van der Waals surface area (Å²) in [6.45, 7) is 1.69. The number of hydrogen-bond acceptors (Lipinski definition) is 7. The van der Waals surface area contributed by atoms with Gasteiger partial charge in [0, 0.05) is 11.6 Å². The molecule has 0 amide bonds. The number of nitrogens with zero attached hydrogens (tertiary/aromatic N) is 4. The Morgan fingerprint density at radius 1 is 1.12 bits per heavy atom. The number of nitrogens with one attached hydrogen (secondary N) is 1. The zero-order valence-corrected chi connectivity index (χ0v) is 18.3. The van der Waals surface area contributed by atoms with E-state index in [0.29, 0.717) is 16.9 Å². The van der Waals surface area contributed by atoms with Gasteiger partial charge < -0.3 is 0 Å². The molecule has 8 nitrogen and oxygen atoms in total. The molecule has 2 aromatic carbocycles. The molecule has 0 aliphatic rings. The number of benzene rings is 2. The number of anilines is 1. The first-order valence-electron chi connectivity index (χ1n) is 9.26. The molecule has 0 aliphatic carbocycles. The van der Waals surface area contributed by atoms with Gasteiger partial charge in [-0.25, -0.2) is 22.5 Å². The molecule has 2 aromatic heterocycles. The molecule has 0 saturated heterocycles. The zero-order valence-electron chi connectivity index (χ0n) is 16.6. The minimum atomic E-state index is -3.77. The van der Waals surface area contributed by atoms with Gasteiger partial charge in [0.1, 0.15) is 5.82 Å². The maximum absolute atomic E-state index is 13.0. The van der Waals surface area contributed by atoms with Crippen LogP contribution in [0.3, 0.4) is 0 Å². The van der Waals surface area contributed by atoms with Gasteiger partial charge in [-0.15, -0.1) is 16.4 Å². The third-order valence-electron chi connectivity index (χ3n) is 4.47. The maximum Gasteiger partial charge on any atom is 0.263 e. The largest absolute Gasteiger partial charge is 0.287 e. The molecule has 162 valence electrons. The summed E-state index contributed by atoms with van der Waals surface area (Å²) < 4.78 is 41.8. The van der Waals surface area contributed by atoms with Crippen molar-refractivity contribution in [2.24, 2.45) is 0 Å². The summed E-state index contributed by atoms with van der Waals surface area (Å²) in [5, 5.41) is 9.91. The van der Waals surface area contributed by atoms with Crippen molar-refractivity contribution in [1.29, 1.82) is 0 Å². The number of ketones is 1. The van der Waals surface area contributed by atoms with E-state index in [2.05, 4.69) is 20.0 Å². The minimum absolute atomic E-state index is 0.0627. The average molecular weight is 470 g/mol. The standard InChI is InChI=1S/C21H16FN5O3S2/c1-14-20(19(28)11-4-15-2-5-16(22)6-3-15)24-26-27(14)17-7-9-18(10-8-17)32(29,30)25-21-23-12-13-31-21/h2-13H,1H3,(H,23,25)/b11-4+. The molecular formula is C21H16FN5O3S2. The number of halogens is 1. The molecule has 0 saturated carbocycles. The van der Waals surface area contributed by atoms with E-state index in [0.717, 1.165) is 0 Å². The van der Waals surface area contributed by atoms with Crippen molar-refractivity contribution >= 4 is 38.4 Å². The lowest BCUT2D eigenvalue weighted by Crippen LogP contribution is -2.13. The van der Waals surface area contributed by atoms with Crippen LogP contribution in [-0.4, -0.2) is 34.2 Å². The van der Waals surface area contributed by atoms with Gasteiger partial charge >= 0.3 is 0 Å². The van der Waals surface area contributed by atoms with Gasteiger partial charge in [0.2, 0.25) is 5.78 Å². The summed E-state index contributed by atoms with van der Waals surface area (Å²) >= 11 is 1.18. The highest BCUT2D eigenvalue weighted by atomic mass is 32.2. The van der Waals surface area contributed by atoms with Crippen LogP contribution in [0.2, 0.25) is 0 Å². The summed E-state index contributed by atoms with van der Waals surface area (Å²) in [5.74, 6) is -0.713. The van der Waals surface area contributed by atoms with Crippen molar-refractivity contribution in [3.8, 4) is 5.69 Å². The quantitative estimate of drug-likeness (QED) is 0.325. The van der Waals surface area contributed by atoms with Crippen LogP contribution in [0.15, 0.2) is 71.1 Å². The van der Waals surface area contributed by atoms with E-state index in [4.69, 9.17) is 0 Å². The molecule has 4 rings (SSSR count). The molecule has 2 heterocycles. The summed E-state index contributed by atoms with van der Waals surface area (Å²) in [5.41, 5.74) is 1.87. The number of carbonyl (C=O) groups is 1. The normalized spacial score (nSPS) is 11.7. The Balaban J connectivity index is 1.52. The third kappa shape index (κ3) is 4.63. The van der Waals surface area contributed by atoms with E-state index in [1.54, 1.807) is 42.6 Å². The molecule has 0 radical (unpaired) electrons. The molecule has 0 aliphatic heterocycles. The Morgan fingerprint density at radius 2 is 1.84 bits per heavy atom. The number of thiazole rings is 1. The molecule has 0 fully saturated rings. The topological polar surface area (TPSA) is 107 Å². The molecule has 32 heavy (non-hydrogen) atoms. The second-order valence-electron chi connectivity index (χ2n) is 6.62. The Labute approximate surface area is 187 Å². The number of allylic oxidation sites excluding steroid dienone is 1. The van der Waals surface area contributed by atoms with E-state index in [-0.39, 0.29) is 27.3 Å². The number of aromatic nitrogens is 4. The van der Waals surface area contributed by atoms with E-state index < -0.39 is 10.0 Å². The minimum Gasteiger partial charge on any atom is -0.287 e. The van der Waals surface area contributed by atoms with Gasteiger partial charge in [-0.05, 0) is 55.0 Å². The van der Waals surface area contributed by atoms with Crippen LogP contribution in [0, 0.1) is 12.7 Å². The van der Waals surface area contributed by atoms with Gasteiger partial charge in [0.05, 0.1) is 16.3 Å². The van der Waals surface area contributed by atoms with Crippen LogP contribution in [0.25, 0.3) is 11.8 Å². The first-order valence-corrected chi connectivity index (χ1v) is 11.6. The highest BCUT2D eigenvalue weighted by Crippen LogP contribution is 2.20. The molecule has 1 N–H and O–H groups in total. The summed E-state index contributed by atoms with van der Waals surface area (Å²) in [7, 11) is -3.77. The molecule has 0 unspecified atom stereocenters. The SMILES string of the molecule is Cc1c(C(=O)/C=C/c2ccc(F)cc2)nnn1-c1ccc(S(=O)(=O)Nc2nccs2)cc1. The third-order valence-corrected chi connectivity index (χ3v) is 6.64. The van der Waals surface area contributed by atoms with E-state index >= 15 is 0 Å². The fourth-order valence-electron chi connectivity index (χ4n) is 2.84. The number of carbonyl (C=O) groups excluding carboxylic acids is 1. The van der Waals surface area contributed by atoms with Gasteiger partial charge in [0.15, 0.2) is 10.8 Å². The van der Waals surface area contributed by atoms with Crippen molar-refractivity contribution in [3.63, 3.8) is 0 Å². The second-order valence-corrected chi connectivity index (χ2v) is 9.20. The van der Waals surface area contributed by atoms with Crippen molar-refractivity contribution in [2.45, 2.75) is 11.8 Å². The van der Waals surface area contributed by atoms with Crippen molar-refractivity contribution in [1.82, 2.24) is 20.0 Å². The Hall–Kier alpha value is -3.70. The predicted molar refractivity (Wildman–Crippen MR) is 119 cm³/mol. The first kappa shape index (κ1) is 21.5. The lowest BCUT2D eigenvalue weighted by molar-refractivity contribution is 0.104. The molecule has 0 bridgehead atoms. The fraction of sp³-hybridized carbons (Fsp3) is 0.0476. The molecular weight excluding hydrogens is 453 g/mol. The summed E-state index contributed by atoms with van der Waals surface area (Å²) in [6.07, 6.45) is 4.41. The van der Waals surface area contributed by atoms with Crippen molar-refractivity contribution < 1.29 is 17.6 Å². The lowest BCUT2D eigenvalue weighted by Gasteiger charge is -2.07. The van der Waals surface area contributed by atoms with Crippen LogP contribution in [0.5, 0.6) is 0 Å². The summed E-state index contributed by atoms with van der Waals surface area (Å²) in [6, 6.07) is 11.7. The van der Waals surface area contributed by atoms with Crippen LogP contribution in [-0.2, 0) is 10.0 Å². The van der Waals surface area contributed by atoms with Crippen LogP contribution in [0.4, 0.5) is 9.52 Å². The predicted octanol–water partition coefficient (Wildman–Crippen LogP) is 3.87. The second kappa shape index (κ2) is 8.81. The summed E-state index contributed by atoms with van der Waals surface area (Å²) in [4.78, 5) is 16.5. The zero-order chi connectivity index (χ0) is 22.7. The molecule has 4 aromatic rings. The Kier molecular flexibility index (Phi) is 5.93. The molecule has 11 heteroatoms. The van der Waals surface area contributed by atoms with Gasteiger partial charge in [0.25, 0.3) is 10.0 Å². The van der Waals surface area contributed by atoms with Crippen LogP contribution in [0.1, 0.15) is 21.7 Å². The van der Waals surface area contributed by atoms with Gasteiger partial charge in [-0.3, -0.25) is 9.52 Å². The Bertz CT molecular complexity index is 1380. The van der Waals surface area contributed by atoms with E-state index in [1.807, 2.05) is 0 Å². The number of sulfonamides is 1. The van der Waals surface area contributed by atoms with E-state index in [9.17, 15) is 17.6 Å². The van der Waals surface area contributed by atoms with Crippen molar-refractivity contribution in [3.05, 3.63) is 89.0 Å². The first-order chi connectivity index (χ1) is 15.3. The highest BCUT2D eigenvalue weighted by molar-refractivity contribution is 7.93. The fourth-order valence-corrected chi connectivity index (χ4v) is 4.63. The molecule has 0 atom stereocenters. The van der Waals surface area contributed by atoms with E-state index in [1.165, 1.54) is 52.6 Å². The van der Waals surface area contributed by atoms with Gasteiger partial charge in [-0.2, -0.15) is 0 Å². The number of rotatable bonds is 7. The average Bonchev–Trinajstić information content (AvgIpc) is 3.42. The van der Waals surface area contributed by atoms with Crippen molar-refractivity contribution in [2.75, 3.05) is 4.72 Å². The monoisotopic (exact) mass is 469 g/mol. The highest BCUT2D eigenvalue weighted by Gasteiger charge is 2.18. The van der Waals surface area contributed by atoms with Crippen LogP contribution < -0.4 is 4.72 Å². The smallest absolute Gasteiger partial charge is 0.263 e. The van der Waals surface area contributed by atoms with Crippen LogP contribution >= 0.6 is 11.3 Å².